The predicted octanol–water partition coefficient (Wildman–Crippen LogP) is 0.908. The van der Waals surface area contributed by atoms with E-state index in [0.29, 0.717) is 12.8 Å². The van der Waals surface area contributed by atoms with Crippen LogP contribution < -0.4 is 10.6 Å². The number of rotatable bonds is 7. The fraction of sp³-hybridized carbons (Fsp3) is 0.786. The summed E-state index contributed by atoms with van der Waals surface area (Å²) < 4.78 is 0. The summed E-state index contributed by atoms with van der Waals surface area (Å²) in [4.78, 5) is 34.5. The zero-order chi connectivity index (χ0) is 15.1. The van der Waals surface area contributed by atoms with Gasteiger partial charge < -0.3 is 15.7 Å². The third-order valence-electron chi connectivity index (χ3n) is 3.84. The molecule has 1 saturated carbocycles. The number of hydrogen-bond donors (Lipinski definition) is 3. The van der Waals surface area contributed by atoms with Crippen molar-refractivity contribution in [2.45, 2.75) is 52.0 Å². The topological polar surface area (TPSA) is 95.5 Å². The summed E-state index contributed by atoms with van der Waals surface area (Å²) in [7, 11) is 0. The van der Waals surface area contributed by atoms with Crippen LogP contribution in [0.5, 0.6) is 0 Å². The van der Waals surface area contributed by atoms with Crippen molar-refractivity contribution in [2.24, 2.45) is 11.8 Å². The highest BCUT2D eigenvalue weighted by molar-refractivity contribution is 5.85. The van der Waals surface area contributed by atoms with E-state index in [-0.39, 0.29) is 30.8 Å². The second kappa shape index (κ2) is 7.87. The number of carbonyl (C=O) groups is 3. The normalized spacial score (nSPS) is 23.1. The molecule has 0 aromatic carbocycles. The van der Waals surface area contributed by atoms with Gasteiger partial charge in [-0.2, -0.15) is 0 Å². The number of carbonyl (C=O) groups excluding carboxylic acids is 2. The monoisotopic (exact) mass is 284 g/mol. The highest BCUT2D eigenvalue weighted by atomic mass is 16.4. The van der Waals surface area contributed by atoms with E-state index in [1.54, 1.807) is 0 Å². The van der Waals surface area contributed by atoms with Crippen LogP contribution >= 0.6 is 0 Å². The molecule has 6 heteroatoms. The fourth-order valence-corrected chi connectivity index (χ4v) is 2.45. The summed E-state index contributed by atoms with van der Waals surface area (Å²) >= 11 is 0. The minimum Gasteiger partial charge on any atom is -0.481 e. The van der Waals surface area contributed by atoms with Crippen molar-refractivity contribution in [1.29, 1.82) is 0 Å². The van der Waals surface area contributed by atoms with E-state index >= 15 is 0 Å². The summed E-state index contributed by atoms with van der Waals surface area (Å²) in [6.45, 7) is 4.16. The molecule has 3 atom stereocenters. The molecule has 114 valence electrons. The van der Waals surface area contributed by atoms with Gasteiger partial charge in [-0.15, -0.1) is 0 Å². The van der Waals surface area contributed by atoms with E-state index in [0.717, 1.165) is 12.8 Å². The molecule has 0 radical (unpaired) electrons. The van der Waals surface area contributed by atoms with E-state index in [1.165, 1.54) is 0 Å². The third-order valence-corrected chi connectivity index (χ3v) is 3.84. The molecule has 0 saturated heterocycles. The first kappa shape index (κ1) is 16.5. The number of hydrogen-bond acceptors (Lipinski definition) is 3. The summed E-state index contributed by atoms with van der Waals surface area (Å²) in [5.74, 6) is -2.28. The molecular formula is C14H24N2O4. The van der Waals surface area contributed by atoms with Crippen molar-refractivity contribution in [3.05, 3.63) is 0 Å². The number of nitrogens with one attached hydrogen (secondary N) is 2. The van der Waals surface area contributed by atoms with Gasteiger partial charge in [-0.3, -0.25) is 14.4 Å². The van der Waals surface area contributed by atoms with Crippen molar-refractivity contribution < 1.29 is 19.5 Å². The Morgan fingerprint density at radius 3 is 2.50 bits per heavy atom. The Labute approximate surface area is 119 Å². The van der Waals surface area contributed by atoms with Gasteiger partial charge in [-0.1, -0.05) is 13.3 Å². The Hall–Kier alpha value is -1.59. The van der Waals surface area contributed by atoms with E-state index in [1.807, 2.05) is 13.8 Å². The Bertz CT molecular complexity index is 370. The molecule has 0 aromatic rings. The van der Waals surface area contributed by atoms with Crippen molar-refractivity contribution in [2.75, 3.05) is 6.54 Å². The lowest BCUT2D eigenvalue weighted by atomic mass is 9.95. The SMILES string of the molecule is CCC(C)NC(=O)CCNC(=O)C1CCCC1C(=O)O. The average molecular weight is 284 g/mol. The molecule has 1 rings (SSSR count). The van der Waals surface area contributed by atoms with E-state index in [4.69, 9.17) is 5.11 Å². The van der Waals surface area contributed by atoms with Crippen LogP contribution in [0.15, 0.2) is 0 Å². The molecule has 0 aromatic heterocycles. The van der Waals surface area contributed by atoms with Crippen molar-refractivity contribution in [3.8, 4) is 0 Å². The van der Waals surface area contributed by atoms with E-state index < -0.39 is 17.8 Å². The minimum atomic E-state index is -0.905. The van der Waals surface area contributed by atoms with Gasteiger partial charge in [0.2, 0.25) is 11.8 Å². The van der Waals surface area contributed by atoms with E-state index in [9.17, 15) is 14.4 Å². The number of carboxylic acids is 1. The quantitative estimate of drug-likeness (QED) is 0.647. The Morgan fingerprint density at radius 2 is 1.90 bits per heavy atom. The molecule has 1 aliphatic rings. The third kappa shape index (κ3) is 4.83. The molecule has 0 aliphatic heterocycles. The predicted molar refractivity (Wildman–Crippen MR) is 74.0 cm³/mol. The summed E-state index contributed by atoms with van der Waals surface area (Å²) in [6, 6.07) is 0.129. The zero-order valence-corrected chi connectivity index (χ0v) is 12.1. The molecule has 3 unspecified atom stereocenters. The maximum atomic E-state index is 11.9. The molecule has 2 amide bonds. The largest absolute Gasteiger partial charge is 0.481 e. The molecule has 3 N–H and O–H groups in total. The molecule has 0 bridgehead atoms. The number of carboxylic acid groups (broad SMARTS) is 1. The lowest BCUT2D eigenvalue weighted by Crippen LogP contribution is -2.38. The maximum absolute atomic E-state index is 11.9. The molecule has 6 nitrogen and oxygen atoms in total. The highest BCUT2D eigenvalue weighted by Gasteiger charge is 2.37. The van der Waals surface area contributed by atoms with Crippen molar-refractivity contribution >= 4 is 17.8 Å². The van der Waals surface area contributed by atoms with Gasteiger partial charge in [0, 0.05) is 19.0 Å². The van der Waals surface area contributed by atoms with Crippen LogP contribution in [-0.4, -0.2) is 35.5 Å². The number of amides is 2. The molecular weight excluding hydrogens is 260 g/mol. The molecule has 1 fully saturated rings. The molecule has 1 aliphatic carbocycles. The van der Waals surface area contributed by atoms with Gasteiger partial charge >= 0.3 is 5.97 Å². The molecule has 0 spiro atoms. The first-order valence-electron chi connectivity index (χ1n) is 7.25. The van der Waals surface area contributed by atoms with Crippen LogP contribution in [0.25, 0.3) is 0 Å². The van der Waals surface area contributed by atoms with Crippen LogP contribution in [-0.2, 0) is 14.4 Å². The van der Waals surface area contributed by atoms with Crippen molar-refractivity contribution in [1.82, 2.24) is 10.6 Å². The van der Waals surface area contributed by atoms with Crippen LogP contribution in [0.3, 0.4) is 0 Å². The standard InChI is InChI=1S/C14H24N2O4/c1-3-9(2)16-12(17)7-8-15-13(18)10-5-4-6-11(10)14(19)20/h9-11H,3-8H2,1-2H3,(H,15,18)(H,16,17)(H,19,20). The Kier molecular flexibility index (Phi) is 6.48. The second-order valence-corrected chi connectivity index (χ2v) is 5.40. The van der Waals surface area contributed by atoms with Gasteiger partial charge in [0.1, 0.15) is 0 Å². The number of aliphatic carboxylic acids is 1. The van der Waals surface area contributed by atoms with Gasteiger partial charge in [0.25, 0.3) is 0 Å². The molecule has 20 heavy (non-hydrogen) atoms. The Balaban J connectivity index is 2.29. The lowest BCUT2D eigenvalue weighted by Gasteiger charge is -2.16. The van der Waals surface area contributed by atoms with Crippen molar-refractivity contribution in [3.63, 3.8) is 0 Å². The zero-order valence-electron chi connectivity index (χ0n) is 12.1. The van der Waals surface area contributed by atoms with Crippen LogP contribution in [0.2, 0.25) is 0 Å². The smallest absolute Gasteiger partial charge is 0.307 e. The van der Waals surface area contributed by atoms with Crippen LogP contribution in [0, 0.1) is 11.8 Å². The second-order valence-electron chi connectivity index (χ2n) is 5.40. The van der Waals surface area contributed by atoms with Gasteiger partial charge in [0.05, 0.1) is 11.8 Å². The Morgan fingerprint density at radius 1 is 1.25 bits per heavy atom. The van der Waals surface area contributed by atoms with Gasteiger partial charge in [-0.25, -0.2) is 0 Å². The first-order chi connectivity index (χ1) is 9.45. The highest BCUT2D eigenvalue weighted by Crippen LogP contribution is 2.31. The average Bonchev–Trinajstić information content (AvgIpc) is 2.87. The summed E-state index contributed by atoms with van der Waals surface area (Å²) in [5, 5.41) is 14.5. The van der Waals surface area contributed by atoms with Crippen LogP contribution in [0.4, 0.5) is 0 Å². The minimum absolute atomic E-state index is 0.0964. The van der Waals surface area contributed by atoms with Gasteiger partial charge in [-0.05, 0) is 26.2 Å². The molecule has 0 heterocycles. The van der Waals surface area contributed by atoms with Gasteiger partial charge in [0.15, 0.2) is 0 Å². The maximum Gasteiger partial charge on any atom is 0.307 e. The first-order valence-corrected chi connectivity index (χ1v) is 7.25. The fourth-order valence-electron chi connectivity index (χ4n) is 2.45. The lowest BCUT2D eigenvalue weighted by molar-refractivity contribution is -0.146. The summed E-state index contributed by atoms with van der Waals surface area (Å²) in [5.41, 5.74) is 0. The summed E-state index contributed by atoms with van der Waals surface area (Å²) in [6.07, 6.45) is 3.02. The van der Waals surface area contributed by atoms with Crippen LogP contribution in [0.1, 0.15) is 46.0 Å². The van der Waals surface area contributed by atoms with E-state index in [2.05, 4.69) is 10.6 Å².